The molecule has 0 aliphatic rings. The fourth-order valence-corrected chi connectivity index (χ4v) is 2.78. The van der Waals surface area contributed by atoms with Crippen LogP contribution in [0, 0.1) is 12.7 Å². The molecule has 0 aliphatic heterocycles. The lowest BCUT2D eigenvalue weighted by Gasteiger charge is -2.15. The maximum Gasteiger partial charge on any atom is 0.271 e. The molecule has 1 N–H and O–H groups in total. The van der Waals surface area contributed by atoms with E-state index in [1.165, 1.54) is 28.9 Å². The number of aromatic nitrogens is 2. The van der Waals surface area contributed by atoms with Gasteiger partial charge in [-0.1, -0.05) is 29.8 Å². The highest BCUT2D eigenvalue weighted by atomic mass is 35.5. The summed E-state index contributed by atoms with van der Waals surface area (Å²) in [6.07, 6.45) is -0.852. The number of nitrogens with one attached hydrogen (secondary N) is 1. The third kappa shape index (κ3) is 5.20. The van der Waals surface area contributed by atoms with E-state index in [1.54, 1.807) is 37.3 Å². The summed E-state index contributed by atoms with van der Waals surface area (Å²) in [5.74, 6) is -0.589. The largest absolute Gasteiger partial charge is 0.464 e. The smallest absolute Gasteiger partial charge is 0.271 e. The molecular weight excluding hydrogens is 397 g/mol. The second-order valence-electron chi connectivity index (χ2n) is 6.46. The van der Waals surface area contributed by atoms with E-state index in [2.05, 4.69) is 10.4 Å². The van der Waals surface area contributed by atoms with Gasteiger partial charge in [-0.2, -0.15) is 4.68 Å². The van der Waals surface area contributed by atoms with Crippen molar-refractivity contribution in [1.82, 2.24) is 15.1 Å². The number of benzene rings is 2. The second-order valence-corrected chi connectivity index (χ2v) is 6.89. The van der Waals surface area contributed by atoms with E-state index in [0.29, 0.717) is 10.7 Å². The quantitative estimate of drug-likeness (QED) is 0.669. The summed E-state index contributed by atoms with van der Waals surface area (Å²) >= 11 is 6.03. The number of amides is 1. The van der Waals surface area contributed by atoms with Gasteiger partial charge in [-0.25, -0.2) is 4.39 Å². The van der Waals surface area contributed by atoms with Gasteiger partial charge in [0, 0.05) is 23.7 Å². The van der Waals surface area contributed by atoms with Crippen LogP contribution >= 0.6 is 11.6 Å². The highest BCUT2D eigenvalue weighted by molar-refractivity contribution is 6.30. The zero-order valence-corrected chi connectivity index (χ0v) is 16.6. The van der Waals surface area contributed by atoms with E-state index in [9.17, 15) is 14.0 Å². The normalized spacial score (nSPS) is 11.7. The van der Waals surface area contributed by atoms with Gasteiger partial charge in [0.25, 0.3) is 11.5 Å². The molecule has 1 amide bonds. The Labute approximate surface area is 171 Å². The van der Waals surface area contributed by atoms with Crippen molar-refractivity contribution in [1.29, 1.82) is 0 Å². The molecule has 0 unspecified atom stereocenters. The molecule has 3 aromatic rings. The predicted molar refractivity (Wildman–Crippen MR) is 108 cm³/mol. The molecule has 1 atom stereocenters. The van der Waals surface area contributed by atoms with Crippen LogP contribution in [0.15, 0.2) is 59.4 Å². The summed E-state index contributed by atoms with van der Waals surface area (Å²) in [4.78, 5) is 24.5. The third-order valence-electron chi connectivity index (χ3n) is 4.22. The van der Waals surface area contributed by atoms with E-state index >= 15 is 0 Å². The Hall–Kier alpha value is -3.19. The van der Waals surface area contributed by atoms with E-state index in [0.717, 1.165) is 11.1 Å². The average molecular weight is 416 g/mol. The highest BCUT2D eigenvalue weighted by Crippen LogP contribution is 2.18. The number of ether oxygens (including phenoxy) is 1. The second kappa shape index (κ2) is 8.87. The molecule has 0 saturated heterocycles. The molecule has 0 radical (unpaired) electrons. The Kier molecular flexibility index (Phi) is 6.29. The average Bonchev–Trinajstić information content (AvgIpc) is 2.70. The van der Waals surface area contributed by atoms with Crippen molar-refractivity contribution in [2.45, 2.75) is 26.5 Å². The molecular formula is C21H19ClFN3O3. The van der Waals surface area contributed by atoms with Gasteiger partial charge in [0.2, 0.25) is 5.88 Å². The van der Waals surface area contributed by atoms with Gasteiger partial charge in [0.05, 0.1) is 5.69 Å². The molecule has 3 rings (SSSR count). The van der Waals surface area contributed by atoms with Crippen LogP contribution in [0.3, 0.4) is 0 Å². The summed E-state index contributed by atoms with van der Waals surface area (Å²) in [6.45, 7) is 3.64. The van der Waals surface area contributed by atoms with E-state index in [4.69, 9.17) is 16.3 Å². The predicted octanol–water partition coefficient (Wildman–Crippen LogP) is 3.42. The first-order valence-corrected chi connectivity index (χ1v) is 9.27. The van der Waals surface area contributed by atoms with Crippen LogP contribution in [0.2, 0.25) is 5.02 Å². The van der Waals surface area contributed by atoms with Gasteiger partial charge in [-0.15, -0.1) is 5.10 Å². The van der Waals surface area contributed by atoms with Crippen molar-refractivity contribution in [2.24, 2.45) is 0 Å². The summed E-state index contributed by atoms with van der Waals surface area (Å²) in [5.41, 5.74) is 1.75. The fraction of sp³-hybridized carbons (Fsp3) is 0.190. The summed E-state index contributed by atoms with van der Waals surface area (Å²) in [7, 11) is 0. The lowest BCUT2D eigenvalue weighted by molar-refractivity contribution is -0.127. The first-order valence-electron chi connectivity index (χ1n) is 8.89. The zero-order chi connectivity index (χ0) is 21.0. The minimum absolute atomic E-state index is 0.119. The van der Waals surface area contributed by atoms with Gasteiger partial charge >= 0.3 is 0 Å². The van der Waals surface area contributed by atoms with Crippen LogP contribution in [-0.4, -0.2) is 21.8 Å². The van der Waals surface area contributed by atoms with Gasteiger partial charge in [-0.05, 0) is 49.2 Å². The van der Waals surface area contributed by atoms with Crippen LogP contribution in [0.25, 0.3) is 5.69 Å². The molecule has 2 aromatic carbocycles. The Balaban J connectivity index is 1.71. The molecule has 0 bridgehead atoms. The third-order valence-corrected chi connectivity index (χ3v) is 4.46. The van der Waals surface area contributed by atoms with Crippen molar-refractivity contribution in [3.8, 4) is 11.6 Å². The van der Waals surface area contributed by atoms with Gasteiger partial charge in [0.15, 0.2) is 6.10 Å². The topological polar surface area (TPSA) is 73.2 Å². The zero-order valence-electron chi connectivity index (χ0n) is 15.9. The lowest BCUT2D eigenvalue weighted by Crippen LogP contribution is -2.36. The van der Waals surface area contributed by atoms with Crippen molar-refractivity contribution in [2.75, 3.05) is 0 Å². The number of rotatable bonds is 6. The first-order chi connectivity index (χ1) is 13.8. The van der Waals surface area contributed by atoms with Crippen molar-refractivity contribution >= 4 is 17.5 Å². The van der Waals surface area contributed by atoms with E-state index < -0.39 is 6.10 Å². The molecule has 0 aliphatic carbocycles. The van der Waals surface area contributed by atoms with Crippen molar-refractivity contribution < 1.29 is 13.9 Å². The van der Waals surface area contributed by atoms with Crippen molar-refractivity contribution in [3.63, 3.8) is 0 Å². The molecule has 6 nitrogen and oxygen atoms in total. The number of carbonyl (C=O) groups is 1. The molecule has 1 heterocycles. The Morgan fingerprint density at radius 3 is 2.66 bits per heavy atom. The monoisotopic (exact) mass is 415 g/mol. The van der Waals surface area contributed by atoms with Gasteiger partial charge < -0.3 is 10.1 Å². The Morgan fingerprint density at radius 2 is 1.93 bits per heavy atom. The summed E-state index contributed by atoms with van der Waals surface area (Å²) < 4.78 is 19.7. The van der Waals surface area contributed by atoms with Crippen LogP contribution in [0.4, 0.5) is 4.39 Å². The fourth-order valence-electron chi connectivity index (χ4n) is 2.61. The highest BCUT2D eigenvalue weighted by Gasteiger charge is 2.16. The number of hydrogen-bond acceptors (Lipinski definition) is 4. The van der Waals surface area contributed by atoms with Gasteiger partial charge in [0.1, 0.15) is 5.82 Å². The molecule has 0 spiro atoms. The lowest BCUT2D eigenvalue weighted by atomic mass is 10.2. The number of aryl methyl sites for hydroxylation is 1. The molecule has 29 heavy (non-hydrogen) atoms. The number of nitrogens with zero attached hydrogens (tertiary/aromatic N) is 2. The first kappa shape index (κ1) is 20.5. The Morgan fingerprint density at radius 1 is 1.21 bits per heavy atom. The minimum Gasteiger partial charge on any atom is -0.464 e. The maximum absolute atomic E-state index is 12.9. The summed E-state index contributed by atoms with van der Waals surface area (Å²) in [6, 6.07) is 13.7. The molecule has 0 fully saturated rings. The minimum atomic E-state index is -0.852. The maximum atomic E-state index is 12.9. The van der Waals surface area contributed by atoms with Gasteiger partial charge in [-0.3, -0.25) is 9.59 Å². The molecule has 150 valence electrons. The van der Waals surface area contributed by atoms with Crippen LogP contribution < -0.4 is 15.6 Å². The van der Waals surface area contributed by atoms with Crippen LogP contribution in [-0.2, 0) is 11.3 Å². The SMILES string of the molecule is Cc1ccc(Cl)cc1-n1nc(O[C@@H](C)C(=O)NCc2ccc(F)cc2)ccc1=O. The molecule has 8 heteroatoms. The number of hydrogen-bond donors (Lipinski definition) is 1. The molecule has 0 saturated carbocycles. The number of carbonyl (C=O) groups excluding carboxylic acids is 1. The van der Waals surface area contributed by atoms with Crippen molar-refractivity contribution in [3.05, 3.63) is 86.9 Å². The van der Waals surface area contributed by atoms with Crippen LogP contribution in [0.5, 0.6) is 5.88 Å². The van der Waals surface area contributed by atoms with E-state index in [-0.39, 0.29) is 29.7 Å². The Bertz CT molecular complexity index is 1080. The van der Waals surface area contributed by atoms with Crippen LogP contribution in [0.1, 0.15) is 18.1 Å². The number of halogens is 2. The van der Waals surface area contributed by atoms with E-state index in [1.807, 2.05) is 6.92 Å². The standard InChI is InChI=1S/C21H19ClFN3O3/c1-13-3-6-16(22)11-18(13)26-20(27)10-9-19(25-26)29-14(2)21(28)24-12-15-4-7-17(23)8-5-15/h3-11,14H,12H2,1-2H3,(H,24,28)/t14-/m0/s1. The summed E-state index contributed by atoms with van der Waals surface area (Å²) in [5, 5.41) is 7.38. The molecule has 1 aromatic heterocycles.